The maximum Gasteiger partial charge on any atom is 0.263 e. The largest absolute Gasteiger partial charge is 0.474 e. The van der Waals surface area contributed by atoms with Crippen LogP contribution in [0.5, 0.6) is 5.75 Å². The minimum atomic E-state index is -0.768. The van der Waals surface area contributed by atoms with Crippen LogP contribution in [0.15, 0.2) is 51.9 Å². The fourth-order valence-corrected chi connectivity index (χ4v) is 3.22. The van der Waals surface area contributed by atoms with Gasteiger partial charge in [0.1, 0.15) is 18.9 Å². The van der Waals surface area contributed by atoms with Gasteiger partial charge in [-0.3, -0.25) is 4.98 Å². The summed E-state index contributed by atoms with van der Waals surface area (Å²) in [5.41, 5.74) is 4.01. The van der Waals surface area contributed by atoms with Gasteiger partial charge in [0.05, 0.1) is 33.2 Å². The van der Waals surface area contributed by atoms with Crippen molar-refractivity contribution in [3.8, 4) is 11.8 Å². The van der Waals surface area contributed by atoms with E-state index >= 15 is 0 Å². The molecule has 0 fully saturated rings. The molecule has 1 atom stereocenters. The number of rotatable bonds is 6. The molecule has 1 unspecified atom stereocenters. The first-order valence-electron chi connectivity index (χ1n) is 8.01. The van der Waals surface area contributed by atoms with Gasteiger partial charge in [-0.1, -0.05) is 5.16 Å². The highest BCUT2D eigenvalue weighted by atomic mass is 32.1. The fraction of sp³-hybridized carbons (Fsp3) is 0.111. The smallest absolute Gasteiger partial charge is 0.263 e. The Balaban J connectivity index is 1.74. The normalized spacial score (nSPS) is 12.1. The monoisotopic (exact) mass is 392 g/mol. The third-order valence-corrected chi connectivity index (χ3v) is 4.59. The van der Waals surface area contributed by atoms with Gasteiger partial charge in [0.15, 0.2) is 0 Å². The summed E-state index contributed by atoms with van der Waals surface area (Å²) >= 11 is 1.51. The van der Waals surface area contributed by atoms with Crippen molar-refractivity contribution < 1.29 is 14.0 Å². The standard InChI is InChI=1S/C18H12N6O3S/c1-25-23-8-11-4-15(20-7-12(11)6-19)17(18-24-22-9-26-18)27-13-2-3-14-16(5-13)28-10-21-14/h2-5,7-10,17H,1H3/b23-8+. The summed E-state index contributed by atoms with van der Waals surface area (Å²) in [5, 5.41) is 20.7. The number of fused-ring (bicyclic) bond motifs is 1. The second-order valence-electron chi connectivity index (χ2n) is 5.48. The molecule has 1 aromatic carbocycles. The van der Waals surface area contributed by atoms with Crippen LogP contribution in [0, 0.1) is 11.3 Å². The molecule has 138 valence electrons. The van der Waals surface area contributed by atoms with Crippen molar-refractivity contribution in [3.63, 3.8) is 0 Å². The number of hydrogen-bond donors (Lipinski definition) is 0. The fourth-order valence-electron chi connectivity index (χ4n) is 2.52. The number of thiazole rings is 1. The van der Waals surface area contributed by atoms with Crippen molar-refractivity contribution in [1.82, 2.24) is 20.2 Å². The number of oxime groups is 1. The van der Waals surface area contributed by atoms with Gasteiger partial charge < -0.3 is 14.0 Å². The van der Waals surface area contributed by atoms with Gasteiger partial charge in [-0.25, -0.2) is 4.98 Å². The zero-order valence-electron chi connectivity index (χ0n) is 14.5. The van der Waals surface area contributed by atoms with Crippen LogP contribution < -0.4 is 4.74 Å². The van der Waals surface area contributed by atoms with E-state index in [0.29, 0.717) is 22.6 Å². The number of ether oxygens (including phenoxy) is 1. The van der Waals surface area contributed by atoms with Crippen molar-refractivity contribution in [2.75, 3.05) is 7.11 Å². The number of nitrogens with zero attached hydrogens (tertiary/aromatic N) is 6. The average molecular weight is 392 g/mol. The number of nitriles is 1. The van der Waals surface area contributed by atoms with E-state index in [9.17, 15) is 5.26 Å². The molecule has 0 saturated carbocycles. The van der Waals surface area contributed by atoms with Crippen LogP contribution in [0.4, 0.5) is 0 Å². The second kappa shape index (κ2) is 7.81. The van der Waals surface area contributed by atoms with Gasteiger partial charge in [0.25, 0.3) is 5.89 Å². The predicted octanol–water partition coefficient (Wildman–Crippen LogP) is 3.09. The first-order valence-corrected chi connectivity index (χ1v) is 8.89. The molecule has 0 aliphatic rings. The zero-order valence-corrected chi connectivity index (χ0v) is 15.3. The molecule has 4 aromatic rings. The van der Waals surface area contributed by atoms with E-state index in [1.807, 2.05) is 18.2 Å². The highest BCUT2D eigenvalue weighted by Crippen LogP contribution is 2.30. The second-order valence-corrected chi connectivity index (χ2v) is 6.37. The molecule has 0 aliphatic heterocycles. The third kappa shape index (κ3) is 3.51. The molecule has 3 heterocycles. The molecule has 9 nitrogen and oxygen atoms in total. The number of pyridine rings is 1. The van der Waals surface area contributed by atoms with E-state index in [1.165, 1.54) is 37.3 Å². The van der Waals surface area contributed by atoms with Gasteiger partial charge in [0, 0.05) is 11.8 Å². The minimum Gasteiger partial charge on any atom is -0.474 e. The lowest BCUT2D eigenvalue weighted by atomic mass is 10.1. The van der Waals surface area contributed by atoms with Gasteiger partial charge in [0.2, 0.25) is 12.5 Å². The molecule has 0 saturated heterocycles. The van der Waals surface area contributed by atoms with Crippen molar-refractivity contribution in [2.45, 2.75) is 6.10 Å². The van der Waals surface area contributed by atoms with Gasteiger partial charge >= 0.3 is 0 Å². The topological polar surface area (TPSA) is 119 Å². The van der Waals surface area contributed by atoms with Crippen molar-refractivity contribution in [3.05, 3.63) is 65.1 Å². The summed E-state index contributed by atoms with van der Waals surface area (Å²) in [7, 11) is 1.42. The molecule has 0 spiro atoms. The quantitative estimate of drug-likeness (QED) is 0.363. The van der Waals surface area contributed by atoms with E-state index in [1.54, 1.807) is 11.6 Å². The molecule has 28 heavy (non-hydrogen) atoms. The highest BCUT2D eigenvalue weighted by Gasteiger charge is 2.24. The molecule has 0 bridgehead atoms. The van der Waals surface area contributed by atoms with Crippen LogP contribution in [0.1, 0.15) is 28.8 Å². The van der Waals surface area contributed by atoms with Crippen LogP contribution in [0.2, 0.25) is 0 Å². The van der Waals surface area contributed by atoms with Crippen LogP contribution >= 0.6 is 11.3 Å². The lowest BCUT2D eigenvalue weighted by molar-refractivity contribution is 0.203. The van der Waals surface area contributed by atoms with E-state index in [-0.39, 0.29) is 5.89 Å². The van der Waals surface area contributed by atoms with Gasteiger partial charge in [-0.2, -0.15) is 5.26 Å². The Bertz CT molecular complexity index is 1170. The van der Waals surface area contributed by atoms with Gasteiger partial charge in [-0.15, -0.1) is 21.5 Å². The van der Waals surface area contributed by atoms with Crippen LogP contribution in [0.3, 0.4) is 0 Å². The molecular weight excluding hydrogens is 380 g/mol. The molecule has 0 amide bonds. The maximum absolute atomic E-state index is 9.28. The van der Waals surface area contributed by atoms with Gasteiger partial charge in [-0.05, 0) is 24.3 Å². The van der Waals surface area contributed by atoms with Crippen molar-refractivity contribution in [1.29, 1.82) is 5.26 Å². The Labute approximate surface area is 162 Å². The molecule has 0 radical (unpaired) electrons. The third-order valence-electron chi connectivity index (χ3n) is 3.80. The first-order chi connectivity index (χ1) is 13.8. The van der Waals surface area contributed by atoms with E-state index in [2.05, 4.69) is 31.4 Å². The summed E-state index contributed by atoms with van der Waals surface area (Å²) in [4.78, 5) is 13.3. The number of hydrogen-bond acceptors (Lipinski definition) is 10. The first kappa shape index (κ1) is 17.6. The number of benzene rings is 1. The van der Waals surface area contributed by atoms with Crippen molar-refractivity contribution in [2.24, 2.45) is 5.16 Å². The predicted molar refractivity (Wildman–Crippen MR) is 99.9 cm³/mol. The summed E-state index contributed by atoms with van der Waals surface area (Å²) in [6.07, 6.45) is 3.31. The lowest BCUT2D eigenvalue weighted by Gasteiger charge is -2.16. The van der Waals surface area contributed by atoms with Crippen LogP contribution in [-0.2, 0) is 4.84 Å². The Morgan fingerprint density at radius 1 is 1.32 bits per heavy atom. The lowest BCUT2D eigenvalue weighted by Crippen LogP contribution is -2.13. The molecule has 4 rings (SSSR count). The summed E-state index contributed by atoms with van der Waals surface area (Å²) in [6, 6.07) is 9.29. The Kier molecular flexibility index (Phi) is 4.90. The summed E-state index contributed by atoms with van der Waals surface area (Å²) in [5.74, 6) is 0.828. The van der Waals surface area contributed by atoms with Crippen molar-refractivity contribution >= 4 is 27.8 Å². The van der Waals surface area contributed by atoms with Crippen LogP contribution in [-0.4, -0.2) is 33.5 Å². The molecule has 3 aromatic heterocycles. The molecule has 0 aliphatic carbocycles. The highest BCUT2D eigenvalue weighted by molar-refractivity contribution is 7.16. The average Bonchev–Trinajstić information content (AvgIpc) is 3.41. The molecule has 10 heteroatoms. The van der Waals surface area contributed by atoms with Crippen LogP contribution in [0.25, 0.3) is 10.2 Å². The van der Waals surface area contributed by atoms with E-state index in [0.717, 1.165) is 10.2 Å². The minimum absolute atomic E-state index is 0.233. The summed E-state index contributed by atoms with van der Waals surface area (Å²) in [6.45, 7) is 0. The Morgan fingerprint density at radius 2 is 2.25 bits per heavy atom. The summed E-state index contributed by atoms with van der Waals surface area (Å²) < 4.78 is 12.5. The SMILES string of the molecule is CO/N=C/c1cc(C(Oc2ccc3ncsc3c2)c2nnco2)ncc1C#N. The van der Waals surface area contributed by atoms with E-state index in [4.69, 9.17) is 14.0 Å². The molecular formula is C18H12N6O3S. The van der Waals surface area contributed by atoms with E-state index < -0.39 is 6.10 Å². The Morgan fingerprint density at radius 3 is 3.04 bits per heavy atom. The zero-order chi connectivity index (χ0) is 19.3. The Hall–Kier alpha value is -3.84. The molecule has 0 N–H and O–H groups in total. The number of aromatic nitrogens is 4. The maximum atomic E-state index is 9.28.